The van der Waals surface area contributed by atoms with E-state index >= 15 is 0 Å². The first kappa shape index (κ1) is 19.2. The summed E-state index contributed by atoms with van der Waals surface area (Å²) in [5.74, 6) is 1.46. The van der Waals surface area contributed by atoms with E-state index in [2.05, 4.69) is 51.8 Å². The Labute approximate surface area is 163 Å². The Morgan fingerprint density at radius 3 is 2.70 bits per heavy atom. The molecule has 7 heteroatoms. The molecular formula is C20H25N5OS. The summed E-state index contributed by atoms with van der Waals surface area (Å²) in [4.78, 5) is 6.12. The van der Waals surface area contributed by atoms with E-state index in [1.807, 2.05) is 32.0 Å². The Morgan fingerprint density at radius 1 is 1.26 bits per heavy atom. The van der Waals surface area contributed by atoms with Gasteiger partial charge in [-0.25, -0.2) is 4.98 Å². The minimum atomic E-state index is 0.131. The van der Waals surface area contributed by atoms with Crippen LogP contribution in [0.5, 0.6) is 5.75 Å². The number of thiazole rings is 1. The van der Waals surface area contributed by atoms with E-state index in [0.29, 0.717) is 5.82 Å². The highest BCUT2D eigenvalue weighted by Gasteiger charge is 2.18. The van der Waals surface area contributed by atoms with Crippen LogP contribution in [-0.4, -0.2) is 32.3 Å². The molecule has 0 aliphatic rings. The minimum absolute atomic E-state index is 0.131. The van der Waals surface area contributed by atoms with Gasteiger partial charge in [0.05, 0.1) is 23.5 Å². The quantitative estimate of drug-likeness (QED) is 0.604. The molecule has 27 heavy (non-hydrogen) atoms. The topological polar surface area (TPSA) is 65.7 Å². The number of aromatic nitrogens is 5. The van der Waals surface area contributed by atoms with Gasteiger partial charge in [0.2, 0.25) is 0 Å². The molecular weight excluding hydrogens is 358 g/mol. The zero-order chi connectivity index (χ0) is 19.4. The molecule has 6 nitrogen and oxygen atoms in total. The second kappa shape index (κ2) is 8.00. The van der Waals surface area contributed by atoms with Crippen molar-refractivity contribution in [1.82, 2.24) is 25.2 Å². The van der Waals surface area contributed by atoms with Crippen molar-refractivity contribution in [3.63, 3.8) is 0 Å². The summed E-state index contributed by atoms with van der Waals surface area (Å²) in [6, 6.07) is 5.86. The number of aryl methyl sites for hydroxylation is 2. The van der Waals surface area contributed by atoms with Crippen LogP contribution >= 0.6 is 11.3 Å². The highest BCUT2D eigenvalue weighted by atomic mass is 32.1. The summed E-state index contributed by atoms with van der Waals surface area (Å²) >= 11 is 1.71. The molecule has 0 amide bonds. The van der Waals surface area contributed by atoms with Gasteiger partial charge in [-0.1, -0.05) is 26.0 Å². The van der Waals surface area contributed by atoms with Crippen LogP contribution in [0.4, 0.5) is 0 Å². The third kappa shape index (κ3) is 5.01. The maximum atomic E-state index is 5.50. The van der Waals surface area contributed by atoms with E-state index in [9.17, 15) is 0 Å². The molecule has 0 aliphatic heterocycles. The molecule has 0 aliphatic carbocycles. The Morgan fingerprint density at radius 2 is 2.07 bits per heavy atom. The van der Waals surface area contributed by atoms with E-state index in [1.54, 1.807) is 18.4 Å². The number of hydrogen-bond acceptors (Lipinski definition) is 6. The zero-order valence-corrected chi connectivity index (χ0v) is 17.2. The van der Waals surface area contributed by atoms with Gasteiger partial charge >= 0.3 is 0 Å². The van der Waals surface area contributed by atoms with Crippen LogP contribution in [0.3, 0.4) is 0 Å². The lowest BCUT2D eigenvalue weighted by Crippen LogP contribution is -2.14. The predicted octanol–water partition coefficient (Wildman–Crippen LogP) is 4.42. The van der Waals surface area contributed by atoms with Crippen LogP contribution < -0.4 is 4.74 Å². The Hall–Kier alpha value is -2.54. The largest absolute Gasteiger partial charge is 0.496 e. The van der Waals surface area contributed by atoms with Gasteiger partial charge in [0, 0.05) is 10.9 Å². The maximum absolute atomic E-state index is 5.50. The molecule has 2 heterocycles. The summed E-state index contributed by atoms with van der Waals surface area (Å²) in [7, 11) is 1.68. The van der Waals surface area contributed by atoms with E-state index in [-0.39, 0.29) is 5.41 Å². The SMILES string of the molecule is COc1ccc(-n2nnc(C)n2)cc1/C=C/CC(C)(C)Cc1csc(C)n1. The molecule has 2 aromatic heterocycles. The second-order valence-electron chi connectivity index (χ2n) is 7.36. The van der Waals surface area contributed by atoms with Gasteiger partial charge in [-0.3, -0.25) is 0 Å². The predicted molar refractivity (Wildman–Crippen MR) is 108 cm³/mol. The summed E-state index contributed by atoms with van der Waals surface area (Å²) in [6.07, 6.45) is 6.19. The number of hydrogen-bond donors (Lipinski definition) is 0. The van der Waals surface area contributed by atoms with Crippen LogP contribution in [0.1, 0.15) is 42.4 Å². The standard InChI is InChI=1S/C20H25N5OS/c1-14-22-24-25(23-14)18-8-9-19(26-5)16(11-18)7-6-10-20(3,4)12-17-13-27-15(2)21-17/h6-9,11,13H,10,12H2,1-5H3/b7-6+. The number of ether oxygens (including phenoxy) is 1. The Kier molecular flexibility index (Phi) is 5.70. The van der Waals surface area contributed by atoms with Crippen LogP contribution in [0, 0.1) is 19.3 Å². The Balaban J connectivity index is 1.75. The molecule has 0 unspecified atom stereocenters. The van der Waals surface area contributed by atoms with Crippen molar-refractivity contribution in [3.8, 4) is 11.4 Å². The van der Waals surface area contributed by atoms with Gasteiger partial charge in [-0.15, -0.1) is 26.3 Å². The summed E-state index contributed by atoms with van der Waals surface area (Å²) in [5, 5.41) is 15.5. The molecule has 0 spiro atoms. The van der Waals surface area contributed by atoms with Crippen LogP contribution in [0.2, 0.25) is 0 Å². The highest BCUT2D eigenvalue weighted by molar-refractivity contribution is 7.09. The average molecular weight is 384 g/mol. The number of nitrogens with zero attached hydrogens (tertiary/aromatic N) is 5. The zero-order valence-electron chi connectivity index (χ0n) is 16.4. The molecule has 142 valence electrons. The number of rotatable bonds is 7. The van der Waals surface area contributed by atoms with E-state index < -0.39 is 0 Å². The molecule has 0 saturated carbocycles. The van der Waals surface area contributed by atoms with Crippen molar-refractivity contribution in [2.24, 2.45) is 5.41 Å². The fourth-order valence-electron chi connectivity index (χ4n) is 2.93. The van der Waals surface area contributed by atoms with Crippen molar-refractivity contribution >= 4 is 17.4 Å². The van der Waals surface area contributed by atoms with Gasteiger partial charge in [-0.05, 0) is 55.5 Å². The summed E-state index contributed by atoms with van der Waals surface area (Å²) in [6.45, 7) is 8.40. The maximum Gasteiger partial charge on any atom is 0.172 e. The lowest BCUT2D eigenvalue weighted by atomic mass is 9.84. The van der Waals surface area contributed by atoms with E-state index in [1.165, 1.54) is 10.5 Å². The average Bonchev–Trinajstić information content (AvgIpc) is 3.22. The highest BCUT2D eigenvalue weighted by Crippen LogP contribution is 2.29. The third-order valence-corrected chi connectivity index (χ3v) is 5.07. The molecule has 3 rings (SSSR count). The van der Waals surface area contributed by atoms with Gasteiger partial charge in [0.25, 0.3) is 0 Å². The van der Waals surface area contributed by atoms with Crippen molar-refractivity contribution in [1.29, 1.82) is 0 Å². The summed E-state index contributed by atoms with van der Waals surface area (Å²) in [5.41, 5.74) is 3.15. The fourth-order valence-corrected chi connectivity index (χ4v) is 3.54. The number of allylic oxidation sites excluding steroid dienone is 1. The molecule has 0 bridgehead atoms. The van der Waals surface area contributed by atoms with E-state index in [4.69, 9.17) is 4.74 Å². The molecule has 0 fully saturated rings. The molecule has 1 aromatic carbocycles. The van der Waals surface area contributed by atoms with Crippen LogP contribution in [0.25, 0.3) is 11.8 Å². The third-order valence-electron chi connectivity index (χ3n) is 4.25. The van der Waals surface area contributed by atoms with Crippen molar-refractivity contribution < 1.29 is 4.74 Å². The first-order valence-corrected chi connectivity index (χ1v) is 9.77. The molecule has 3 aromatic rings. The number of tetrazole rings is 1. The van der Waals surface area contributed by atoms with Gasteiger partial charge in [-0.2, -0.15) is 0 Å². The van der Waals surface area contributed by atoms with Gasteiger partial charge < -0.3 is 4.74 Å². The smallest absolute Gasteiger partial charge is 0.172 e. The monoisotopic (exact) mass is 383 g/mol. The second-order valence-corrected chi connectivity index (χ2v) is 8.42. The fraction of sp³-hybridized carbons (Fsp3) is 0.400. The number of benzene rings is 1. The minimum Gasteiger partial charge on any atom is -0.496 e. The number of methoxy groups -OCH3 is 1. The van der Waals surface area contributed by atoms with E-state index in [0.717, 1.165) is 34.8 Å². The van der Waals surface area contributed by atoms with Gasteiger partial charge in [0.1, 0.15) is 5.75 Å². The van der Waals surface area contributed by atoms with Gasteiger partial charge in [0.15, 0.2) is 5.82 Å². The molecule has 0 N–H and O–H groups in total. The summed E-state index contributed by atoms with van der Waals surface area (Å²) < 4.78 is 5.50. The molecule has 0 radical (unpaired) electrons. The van der Waals surface area contributed by atoms with Crippen molar-refractivity contribution in [2.75, 3.05) is 7.11 Å². The van der Waals surface area contributed by atoms with Crippen LogP contribution in [-0.2, 0) is 6.42 Å². The van der Waals surface area contributed by atoms with Crippen LogP contribution in [0.15, 0.2) is 29.7 Å². The van der Waals surface area contributed by atoms with Crippen molar-refractivity contribution in [3.05, 3.63) is 51.7 Å². The first-order valence-electron chi connectivity index (χ1n) is 8.89. The molecule has 0 saturated heterocycles. The Bertz CT molecular complexity index is 942. The lowest BCUT2D eigenvalue weighted by Gasteiger charge is -2.21. The lowest BCUT2D eigenvalue weighted by molar-refractivity contribution is 0.366. The first-order chi connectivity index (χ1) is 12.9. The normalized spacial score (nSPS) is 12.0. The van der Waals surface area contributed by atoms with Crippen molar-refractivity contribution in [2.45, 2.75) is 40.5 Å². The molecule has 0 atom stereocenters.